The van der Waals surface area contributed by atoms with Crippen molar-refractivity contribution in [3.63, 3.8) is 0 Å². The number of likely N-dealkylation sites (tertiary alicyclic amines) is 1. The number of rotatable bonds is 5. The van der Waals surface area contributed by atoms with Crippen LogP contribution in [0.15, 0.2) is 18.3 Å². The third kappa shape index (κ3) is 4.30. The predicted molar refractivity (Wildman–Crippen MR) is 89.0 cm³/mol. The molecule has 7 nitrogen and oxygen atoms in total. The summed E-state index contributed by atoms with van der Waals surface area (Å²) in [7, 11) is 0. The molecule has 3 heterocycles. The molecule has 0 saturated carbocycles. The molecule has 0 unspecified atom stereocenters. The summed E-state index contributed by atoms with van der Waals surface area (Å²) in [6, 6.07) is 3.23. The Morgan fingerprint density at radius 2 is 1.92 bits per heavy atom. The fraction of sp³-hybridized carbons (Fsp3) is 0.588. The van der Waals surface area contributed by atoms with Crippen LogP contribution < -0.4 is 5.32 Å². The largest absolute Gasteiger partial charge is 0.379 e. The number of morpholine rings is 1. The highest BCUT2D eigenvalue weighted by atomic mass is 16.5. The summed E-state index contributed by atoms with van der Waals surface area (Å²) < 4.78 is 5.30. The first-order chi connectivity index (χ1) is 11.7. The van der Waals surface area contributed by atoms with Crippen molar-refractivity contribution in [2.75, 3.05) is 52.5 Å². The Kier molecular flexibility index (Phi) is 5.77. The second-order valence-electron chi connectivity index (χ2n) is 6.14. The van der Waals surface area contributed by atoms with E-state index >= 15 is 0 Å². The van der Waals surface area contributed by atoms with Gasteiger partial charge in [-0.05, 0) is 25.0 Å². The van der Waals surface area contributed by atoms with Gasteiger partial charge in [0.15, 0.2) is 0 Å². The third-order valence-corrected chi connectivity index (χ3v) is 4.45. The molecular weight excluding hydrogens is 308 g/mol. The summed E-state index contributed by atoms with van der Waals surface area (Å²) in [5, 5.41) is 2.91. The number of nitrogens with zero attached hydrogens (tertiary/aromatic N) is 3. The summed E-state index contributed by atoms with van der Waals surface area (Å²) in [6.07, 6.45) is 3.60. The SMILES string of the molecule is O=C(NCCN1CCOCC1)c1ccnc(C(=O)N2CCCC2)c1. The van der Waals surface area contributed by atoms with Crippen molar-refractivity contribution in [2.24, 2.45) is 0 Å². The molecule has 0 aliphatic carbocycles. The molecular formula is C17H24N4O3. The van der Waals surface area contributed by atoms with E-state index in [0.717, 1.165) is 58.8 Å². The standard InChI is InChI=1S/C17H24N4O3/c22-16(19-5-8-20-9-11-24-12-10-20)14-3-4-18-15(13-14)17(23)21-6-1-2-7-21/h3-4,13H,1-2,5-12H2,(H,19,22). The fourth-order valence-electron chi connectivity index (χ4n) is 3.03. The molecule has 7 heteroatoms. The van der Waals surface area contributed by atoms with Crippen LogP contribution in [-0.2, 0) is 4.74 Å². The zero-order valence-corrected chi connectivity index (χ0v) is 13.9. The van der Waals surface area contributed by atoms with Crippen LogP contribution in [0, 0.1) is 0 Å². The van der Waals surface area contributed by atoms with Gasteiger partial charge in [0.25, 0.3) is 11.8 Å². The number of hydrogen-bond donors (Lipinski definition) is 1. The van der Waals surface area contributed by atoms with Crippen molar-refractivity contribution in [2.45, 2.75) is 12.8 Å². The summed E-state index contributed by atoms with van der Waals surface area (Å²) in [6.45, 7) is 6.24. The summed E-state index contributed by atoms with van der Waals surface area (Å²) in [5.74, 6) is -0.253. The van der Waals surface area contributed by atoms with Gasteiger partial charge in [-0.1, -0.05) is 0 Å². The lowest BCUT2D eigenvalue weighted by Crippen LogP contribution is -2.41. The Morgan fingerprint density at radius 3 is 2.67 bits per heavy atom. The van der Waals surface area contributed by atoms with E-state index in [1.165, 1.54) is 6.20 Å². The number of carbonyl (C=O) groups is 2. The van der Waals surface area contributed by atoms with Crippen molar-refractivity contribution in [1.29, 1.82) is 0 Å². The minimum atomic E-state index is -0.166. The van der Waals surface area contributed by atoms with Gasteiger partial charge in [-0.3, -0.25) is 19.5 Å². The molecule has 1 aromatic rings. The average molecular weight is 332 g/mol. The topological polar surface area (TPSA) is 74.8 Å². The van der Waals surface area contributed by atoms with Crippen molar-refractivity contribution in [3.8, 4) is 0 Å². The number of carbonyl (C=O) groups excluding carboxylic acids is 2. The average Bonchev–Trinajstić information content (AvgIpc) is 3.16. The Balaban J connectivity index is 1.52. The van der Waals surface area contributed by atoms with Crippen LogP contribution in [0.2, 0.25) is 0 Å². The van der Waals surface area contributed by atoms with E-state index in [1.807, 2.05) is 0 Å². The molecule has 130 valence electrons. The molecule has 0 atom stereocenters. The first kappa shape index (κ1) is 16.9. The lowest BCUT2D eigenvalue weighted by Gasteiger charge is -2.26. The number of hydrogen-bond acceptors (Lipinski definition) is 5. The Labute approximate surface area is 142 Å². The quantitative estimate of drug-likeness (QED) is 0.844. The fourth-order valence-corrected chi connectivity index (χ4v) is 3.03. The lowest BCUT2D eigenvalue weighted by molar-refractivity contribution is 0.0383. The van der Waals surface area contributed by atoms with Crippen LogP contribution in [0.4, 0.5) is 0 Å². The molecule has 3 rings (SSSR count). The normalized spacial score (nSPS) is 18.6. The molecule has 2 amide bonds. The minimum Gasteiger partial charge on any atom is -0.379 e. The van der Waals surface area contributed by atoms with Crippen LogP contribution in [0.3, 0.4) is 0 Å². The predicted octanol–water partition coefficient (Wildman–Crippen LogP) is 0.380. The van der Waals surface area contributed by atoms with Crippen molar-refractivity contribution in [3.05, 3.63) is 29.6 Å². The number of aromatic nitrogens is 1. The number of amides is 2. The van der Waals surface area contributed by atoms with E-state index in [0.29, 0.717) is 17.8 Å². The number of nitrogens with one attached hydrogen (secondary N) is 1. The van der Waals surface area contributed by atoms with E-state index < -0.39 is 0 Å². The summed E-state index contributed by atoms with van der Waals surface area (Å²) in [5.41, 5.74) is 0.826. The number of pyridine rings is 1. The summed E-state index contributed by atoms with van der Waals surface area (Å²) in [4.78, 5) is 32.8. The van der Waals surface area contributed by atoms with Crippen LogP contribution in [-0.4, -0.2) is 79.1 Å². The maximum atomic E-state index is 12.4. The van der Waals surface area contributed by atoms with E-state index in [2.05, 4.69) is 15.2 Å². The van der Waals surface area contributed by atoms with E-state index in [-0.39, 0.29) is 11.8 Å². The monoisotopic (exact) mass is 332 g/mol. The highest BCUT2D eigenvalue weighted by Crippen LogP contribution is 2.12. The Hall–Kier alpha value is -1.99. The minimum absolute atomic E-state index is 0.0875. The van der Waals surface area contributed by atoms with Crippen molar-refractivity contribution in [1.82, 2.24) is 20.1 Å². The second kappa shape index (κ2) is 8.21. The summed E-state index contributed by atoms with van der Waals surface area (Å²) >= 11 is 0. The van der Waals surface area contributed by atoms with Crippen LogP contribution in [0.1, 0.15) is 33.7 Å². The maximum absolute atomic E-state index is 12.4. The van der Waals surface area contributed by atoms with Gasteiger partial charge in [0.2, 0.25) is 0 Å². The van der Waals surface area contributed by atoms with Crippen LogP contribution in [0.25, 0.3) is 0 Å². The molecule has 1 N–H and O–H groups in total. The highest BCUT2D eigenvalue weighted by molar-refractivity contribution is 5.98. The zero-order valence-electron chi connectivity index (χ0n) is 13.9. The molecule has 2 saturated heterocycles. The molecule has 2 aliphatic rings. The Bertz CT molecular complexity index is 581. The maximum Gasteiger partial charge on any atom is 0.272 e. The molecule has 1 aromatic heterocycles. The van der Waals surface area contributed by atoms with Crippen LogP contribution in [0.5, 0.6) is 0 Å². The van der Waals surface area contributed by atoms with Gasteiger partial charge in [0.05, 0.1) is 13.2 Å². The zero-order chi connectivity index (χ0) is 16.8. The molecule has 2 fully saturated rings. The van der Waals surface area contributed by atoms with Crippen molar-refractivity contribution < 1.29 is 14.3 Å². The van der Waals surface area contributed by atoms with Crippen molar-refractivity contribution >= 4 is 11.8 Å². The van der Waals surface area contributed by atoms with Gasteiger partial charge in [0.1, 0.15) is 5.69 Å². The lowest BCUT2D eigenvalue weighted by atomic mass is 10.2. The Morgan fingerprint density at radius 1 is 1.17 bits per heavy atom. The van der Waals surface area contributed by atoms with E-state index in [9.17, 15) is 9.59 Å². The van der Waals surface area contributed by atoms with Gasteiger partial charge in [-0.25, -0.2) is 0 Å². The molecule has 0 radical (unpaired) electrons. The highest BCUT2D eigenvalue weighted by Gasteiger charge is 2.21. The number of ether oxygens (including phenoxy) is 1. The van der Waals surface area contributed by atoms with Gasteiger partial charge in [0, 0.05) is 51.0 Å². The third-order valence-electron chi connectivity index (χ3n) is 4.45. The van der Waals surface area contributed by atoms with Gasteiger partial charge < -0.3 is 15.0 Å². The van der Waals surface area contributed by atoms with Gasteiger partial charge in [-0.2, -0.15) is 0 Å². The van der Waals surface area contributed by atoms with Gasteiger partial charge in [-0.15, -0.1) is 0 Å². The van der Waals surface area contributed by atoms with E-state index in [4.69, 9.17) is 4.74 Å². The molecule has 0 aromatic carbocycles. The molecule has 24 heavy (non-hydrogen) atoms. The molecule has 0 spiro atoms. The van der Waals surface area contributed by atoms with E-state index in [1.54, 1.807) is 17.0 Å². The second-order valence-corrected chi connectivity index (χ2v) is 6.14. The van der Waals surface area contributed by atoms with Gasteiger partial charge >= 0.3 is 0 Å². The first-order valence-electron chi connectivity index (χ1n) is 8.58. The molecule has 0 bridgehead atoms. The van der Waals surface area contributed by atoms with Crippen LogP contribution >= 0.6 is 0 Å². The first-order valence-corrected chi connectivity index (χ1v) is 8.58. The molecule has 2 aliphatic heterocycles. The smallest absolute Gasteiger partial charge is 0.272 e.